The minimum Gasteiger partial charge on any atom is -0.338 e. The highest BCUT2D eigenvalue weighted by atomic mass is 16.2. The Balaban J connectivity index is 1.36. The summed E-state index contributed by atoms with van der Waals surface area (Å²) in [6, 6.07) is 10.8. The van der Waals surface area contributed by atoms with Crippen LogP contribution in [0.1, 0.15) is 67.6 Å². The quantitative estimate of drug-likeness (QED) is 0.777. The summed E-state index contributed by atoms with van der Waals surface area (Å²) in [4.78, 5) is 25.7. The average Bonchev–Trinajstić information content (AvgIpc) is 2.77. The molecule has 0 saturated carbocycles. The van der Waals surface area contributed by atoms with Gasteiger partial charge in [0.05, 0.1) is 5.69 Å². The van der Waals surface area contributed by atoms with Gasteiger partial charge in [-0.25, -0.2) is 9.97 Å². The fraction of sp³-hybridized carbons (Fsp3) is 0.542. The van der Waals surface area contributed by atoms with Gasteiger partial charge in [0, 0.05) is 50.7 Å². The Labute approximate surface area is 174 Å². The molecule has 2 aliphatic rings. The molecule has 1 aromatic carbocycles. The molecule has 2 atom stereocenters. The molecule has 3 heterocycles. The largest absolute Gasteiger partial charge is 0.338 e. The number of hydrogen-bond donors (Lipinski definition) is 0. The van der Waals surface area contributed by atoms with Crippen molar-refractivity contribution < 1.29 is 4.79 Å². The van der Waals surface area contributed by atoms with Crippen LogP contribution in [0.25, 0.3) is 0 Å². The van der Waals surface area contributed by atoms with E-state index in [0.29, 0.717) is 18.4 Å². The van der Waals surface area contributed by atoms with Gasteiger partial charge in [0.15, 0.2) is 0 Å². The van der Waals surface area contributed by atoms with E-state index in [9.17, 15) is 4.79 Å². The summed E-state index contributed by atoms with van der Waals surface area (Å²) >= 11 is 0. The molecule has 1 amide bonds. The molecule has 0 N–H and O–H groups in total. The summed E-state index contributed by atoms with van der Waals surface area (Å²) in [5, 5.41) is 0. The second-order valence-corrected chi connectivity index (χ2v) is 8.63. The number of carbonyl (C=O) groups excluding carboxylic acids is 1. The van der Waals surface area contributed by atoms with Crippen LogP contribution in [0.15, 0.2) is 36.5 Å². The van der Waals surface area contributed by atoms with Crippen LogP contribution in [0.2, 0.25) is 0 Å². The van der Waals surface area contributed by atoms with Gasteiger partial charge >= 0.3 is 0 Å². The number of fused-ring (bicyclic) bond motifs is 1. The highest BCUT2D eigenvalue weighted by Gasteiger charge is 2.26. The van der Waals surface area contributed by atoms with E-state index in [1.807, 2.05) is 11.1 Å². The van der Waals surface area contributed by atoms with Crippen LogP contribution < -0.4 is 0 Å². The second kappa shape index (κ2) is 9.04. The fourth-order valence-electron chi connectivity index (χ4n) is 4.59. The van der Waals surface area contributed by atoms with Crippen LogP contribution in [0.3, 0.4) is 0 Å². The molecule has 0 aliphatic carbocycles. The van der Waals surface area contributed by atoms with Gasteiger partial charge in [-0.2, -0.15) is 0 Å². The third-order valence-corrected chi connectivity index (χ3v) is 6.52. The summed E-state index contributed by atoms with van der Waals surface area (Å²) in [5.74, 6) is 2.14. The highest BCUT2D eigenvalue weighted by molar-refractivity contribution is 5.73. The molecule has 0 unspecified atom stereocenters. The third kappa shape index (κ3) is 4.84. The summed E-state index contributed by atoms with van der Waals surface area (Å²) < 4.78 is 0. The molecule has 0 radical (unpaired) electrons. The second-order valence-electron chi connectivity index (χ2n) is 8.63. The van der Waals surface area contributed by atoms with Crippen molar-refractivity contribution in [2.75, 3.05) is 26.2 Å². The van der Waals surface area contributed by atoms with Gasteiger partial charge in [0.2, 0.25) is 5.91 Å². The first kappa shape index (κ1) is 20.0. The first-order chi connectivity index (χ1) is 14.1. The number of benzene rings is 1. The number of hydrogen-bond acceptors (Lipinski definition) is 4. The number of aromatic nitrogens is 2. The van der Waals surface area contributed by atoms with Gasteiger partial charge in [-0.05, 0) is 43.8 Å². The normalized spacial score (nSPS) is 20.9. The van der Waals surface area contributed by atoms with Crippen LogP contribution in [-0.2, 0) is 17.8 Å². The molecule has 0 bridgehead atoms. The molecule has 2 aromatic rings. The SMILES string of the molecule is CC(=O)N1CCc2nc([C@H]3CCCN(CC[C@@H](C)c4ccccc4)C3)ncc2C1. The van der Waals surface area contributed by atoms with Crippen molar-refractivity contribution in [2.24, 2.45) is 0 Å². The Morgan fingerprint density at radius 2 is 2.07 bits per heavy atom. The Bertz CT molecular complexity index is 838. The molecular weight excluding hydrogens is 360 g/mol. The lowest BCUT2D eigenvalue weighted by molar-refractivity contribution is -0.129. The predicted molar refractivity (Wildman–Crippen MR) is 115 cm³/mol. The Morgan fingerprint density at radius 3 is 2.86 bits per heavy atom. The molecule has 5 nitrogen and oxygen atoms in total. The van der Waals surface area contributed by atoms with E-state index in [2.05, 4.69) is 42.2 Å². The zero-order valence-electron chi connectivity index (χ0n) is 17.7. The number of likely N-dealkylation sites (tertiary alicyclic amines) is 1. The maximum atomic E-state index is 11.6. The molecule has 29 heavy (non-hydrogen) atoms. The number of carbonyl (C=O) groups is 1. The molecule has 1 fully saturated rings. The van der Waals surface area contributed by atoms with Gasteiger partial charge < -0.3 is 9.80 Å². The Morgan fingerprint density at radius 1 is 1.24 bits per heavy atom. The molecule has 154 valence electrons. The molecule has 4 rings (SSSR count). The van der Waals surface area contributed by atoms with Crippen molar-refractivity contribution >= 4 is 5.91 Å². The number of nitrogens with zero attached hydrogens (tertiary/aromatic N) is 4. The van der Waals surface area contributed by atoms with Gasteiger partial charge in [0.25, 0.3) is 0 Å². The van der Waals surface area contributed by atoms with Crippen molar-refractivity contribution in [1.82, 2.24) is 19.8 Å². The van der Waals surface area contributed by atoms with Gasteiger partial charge in [-0.1, -0.05) is 37.3 Å². The first-order valence-electron chi connectivity index (χ1n) is 11.0. The molecule has 1 aromatic heterocycles. The summed E-state index contributed by atoms with van der Waals surface area (Å²) in [6.07, 6.45) is 6.37. The number of piperidine rings is 1. The van der Waals surface area contributed by atoms with Crippen LogP contribution in [0.4, 0.5) is 0 Å². The minimum absolute atomic E-state index is 0.132. The molecule has 1 saturated heterocycles. The zero-order valence-corrected chi connectivity index (χ0v) is 17.7. The van der Waals surface area contributed by atoms with E-state index < -0.39 is 0 Å². The van der Waals surface area contributed by atoms with E-state index in [1.54, 1.807) is 6.92 Å². The lowest BCUT2D eigenvalue weighted by Gasteiger charge is -2.33. The van der Waals surface area contributed by atoms with Crippen molar-refractivity contribution in [3.05, 3.63) is 59.2 Å². The topological polar surface area (TPSA) is 49.3 Å². The van der Waals surface area contributed by atoms with Gasteiger partial charge in [0.1, 0.15) is 5.82 Å². The summed E-state index contributed by atoms with van der Waals surface area (Å²) in [5.41, 5.74) is 3.68. The van der Waals surface area contributed by atoms with Crippen molar-refractivity contribution in [3.8, 4) is 0 Å². The molecule has 0 spiro atoms. The lowest BCUT2D eigenvalue weighted by atomic mass is 9.94. The lowest BCUT2D eigenvalue weighted by Crippen LogP contribution is -2.37. The van der Waals surface area contributed by atoms with E-state index in [1.165, 1.54) is 31.4 Å². The predicted octanol–water partition coefficient (Wildman–Crippen LogP) is 3.75. The summed E-state index contributed by atoms with van der Waals surface area (Å²) in [7, 11) is 0. The smallest absolute Gasteiger partial charge is 0.219 e. The monoisotopic (exact) mass is 392 g/mol. The minimum atomic E-state index is 0.132. The van der Waals surface area contributed by atoms with E-state index in [0.717, 1.165) is 43.1 Å². The van der Waals surface area contributed by atoms with Crippen molar-refractivity contribution in [3.63, 3.8) is 0 Å². The molecular formula is C24H32N4O. The van der Waals surface area contributed by atoms with Gasteiger partial charge in [-0.15, -0.1) is 0 Å². The van der Waals surface area contributed by atoms with Crippen LogP contribution >= 0.6 is 0 Å². The fourth-order valence-corrected chi connectivity index (χ4v) is 4.59. The number of rotatable bonds is 5. The first-order valence-corrected chi connectivity index (χ1v) is 11.0. The van der Waals surface area contributed by atoms with Crippen molar-refractivity contribution in [2.45, 2.75) is 57.9 Å². The maximum absolute atomic E-state index is 11.6. The third-order valence-electron chi connectivity index (χ3n) is 6.52. The van der Waals surface area contributed by atoms with Crippen LogP contribution in [0, 0.1) is 0 Å². The van der Waals surface area contributed by atoms with Crippen molar-refractivity contribution in [1.29, 1.82) is 0 Å². The maximum Gasteiger partial charge on any atom is 0.219 e. The number of amides is 1. The highest BCUT2D eigenvalue weighted by Crippen LogP contribution is 2.27. The molecule has 5 heteroatoms. The Kier molecular flexibility index (Phi) is 6.24. The van der Waals surface area contributed by atoms with Crippen LogP contribution in [-0.4, -0.2) is 51.9 Å². The Hall–Kier alpha value is -2.27. The van der Waals surface area contributed by atoms with Crippen LogP contribution in [0.5, 0.6) is 0 Å². The zero-order chi connectivity index (χ0) is 20.2. The van der Waals surface area contributed by atoms with E-state index >= 15 is 0 Å². The van der Waals surface area contributed by atoms with E-state index in [4.69, 9.17) is 9.97 Å². The average molecular weight is 393 g/mol. The standard InChI is InChI=1S/C24H32N4O/c1-18(20-7-4-3-5-8-20)10-13-27-12-6-9-21(16-27)24-25-15-22-17-28(19(2)29)14-11-23(22)26-24/h3-5,7-8,15,18,21H,6,9-14,16-17H2,1-2H3/t18-,21+/m1/s1. The van der Waals surface area contributed by atoms with Gasteiger partial charge in [-0.3, -0.25) is 4.79 Å². The summed E-state index contributed by atoms with van der Waals surface area (Å²) in [6.45, 7) is 8.75. The molecule has 2 aliphatic heterocycles. The van der Waals surface area contributed by atoms with E-state index in [-0.39, 0.29) is 5.91 Å².